The fourth-order valence-electron chi connectivity index (χ4n) is 2.13. The Kier molecular flexibility index (Phi) is 4.57. The summed E-state index contributed by atoms with van der Waals surface area (Å²) in [7, 11) is 3.12. The standard InChI is InChI=1S/C12H19N5O3/c1-16(7-9(18)17-5-3-13-4-6-17)11-10(20-2)12(19)15-8-14-11/h8,13H,3-7H2,1-2H3,(H,14,15,19). The zero-order valence-corrected chi connectivity index (χ0v) is 11.7. The first-order chi connectivity index (χ1) is 9.63. The van der Waals surface area contributed by atoms with E-state index in [0.717, 1.165) is 13.1 Å². The van der Waals surface area contributed by atoms with Crippen molar-refractivity contribution in [3.63, 3.8) is 0 Å². The molecule has 0 atom stereocenters. The van der Waals surface area contributed by atoms with Crippen LogP contribution in [-0.2, 0) is 4.79 Å². The fraction of sp³-hybridized carbons (Fsp3) is 0.583. The van der Waals surface area contributed by atoms with E-state index in [9.17, 15) is 9.59 Å². The minimum atomic E-state index is -0.362. The lowest BCUT2D eigenvalue weighted by Crippen LogP contribution is -2.49. The third-order valence-corrected chi connectivity index (χ3v) is 3.20. The maximum atomic E-state index is 12.2. The number of aromatic amines is 1. The van der Waals surface area contributed by atoms with Crippen molar-refractivity contribution in [3.8, 4) is 5.75 Å². The van der Waals surface area contributed by atoms with Crippen molar-refractivity contribution in [2.45, 2.75) is 0 Å². The second-order valence-electron chi connectivity index (χ2n) is 4.58. The Labute approximate surface area is 116 Å². The normalized spacial score (nSPS) is 15.0. The smallest absolute Gasteiger partial charge is 0.295 e. The van der Waals surface area contributed by atoms with Crippen LogP contribution in [0.3, 0.4) is 0 Å². The molecule has 1 saturated heterocycles. The molecule has 1 aliphatic rings. The van der Waals surface area contributed by atoms with Crippen LogP contribution in [0.15, 0.2) is 11.1 Å². The number of hydrogen-bond donors (Lipinski definition) is 2. The molecule has 110 valence electrons. The fourth-order valence-corrected chi connectivity index (χ4v) is 2.13. The number of likely N-dealkylation sites (N-methyl/N-ethyl adjacent to an activating group) is 1. The zero-order valence-electron chi connectivity index (χ0n) is 11.7. The summed E-state index contributed by atoms with van der Waals surface area (Å²) in [6.45, 7) is 3.18. The molecule has 0 spiro atoms. The molecule has 1 aromatic rings. The Morgan fingerprint density at radius 3 is 2.85 bits per heavy atom. The van der Waals surface area contributed by atoms with E-state index in [2.05, 4.69) is 15.3 Å². The topological polar surface area (TPSA) is 90.6 Å². The average molecular weight is 281 g/mol. The number of rotatable bonds is 4. The summed E-state index contributed by atoms with van der Waals surface area (Å²) in [6.07, 6.45) is 1.30. The van der Waals surface area contributed by atoms with Crippen LogP contribution < -0.4 is 20.5 Å². The van der Waals surface area contributed by atoms with Gasteiger partial charge in [-0.25, -0.2) is 4.98 Å². The molecule has 1 aliphatic heterocycles. The van der Waals surface area contributed by atoms with Crippen molar-refractivity contribution in [2.24, 2.45) is 0 Å². The van der Waals surface area contributed by atoms with Gasteiger partial charge >= 0.3 is 0 Å². The van der Waals surface area contributed by atoms with Crippen molar-refractivity contribution < 1.29 is 9.53 Å². The van der Waals surface area contributed by atoms with Crippen molar-refractivity contribution >= 4 is 11.7 Å². The van der Waals surface area contributed by atoms with Gasteiger partial charge in [0.25, 0.3) is 5.56 Å². The van der Waals surface area contributed by atoms with Crippen LogP contribution in [0.5, 0.6) is 5.75 Å². The second-order valence-corrected chi connectivity index (χ2v) is 4.58. The van der Waals surface area contributed by atoms with Crippen LogP contribution in [0.2, 0.25) is 0 Å². The minimum Gasteiger partial charge on any atom is -0.489 e. The van der Waals surface area contributed by atoms with Gasteiger partial charge in [0, 0.05) is 33.2 Å². The Morgan fingerprint density at radius 1 is 1.50 bits per heavy atom. The highest BCUT2D eigenvalue weighted by Crippen LogP contribution is 2.18. The summed E-state index contributed by atoms with van der Waals surface area (Å²) in [5.74, 6) is 0.487. The van der Waals surface area contributed by atoms with Crippen LogP contribution in [0.25, 0.3) is 0 Å². The van der Waals surface area contributed by atoms with Gasteiger partial charge in [-0.05, 0) is 0 Å². The average Bonchev–Trinajstić information content (AvgIpc) is 2.47. The van der Waals surface area contributed by atoms with E-state index >= 15 is 0 Å². The van der Waals surface area contributed by atoms with Crippen molar-refractivity contribution in [1.29, 1.82) is 0 Å². The van der Waals surface area contributed by atoms with Gasteiger partial charge in [-0.15, -0.1) is 0 Å². The summed E-state index contributed by atoms with van der Waals surface area (Å²) >= 11 is 0. The monoisotopic (exact) mass is 281 g/mol. The Bertz CT molecular complexity index is 524. The van der Waals surface area contributed by atoms with E-state index in [-0.39, 0.29) is 23.8 Å². The van der Waals surface area contributed by atoms with Gasteiger partial charge in [0.1, 0.15) is 0 Å². The first-order valence-electron chi connectivity index (χ1n) is 6.44. The lowest BCUT2D eigenvalue weighted by atomic mass is 10.3. The quantitative estimate of drug-likeness (QED) is 0.709. The first kappa shape index (κ1) is 14.3. The maximum absolute atomic E-state index is 12.2. The van der Waals surface area contributed by atoms with Crippen LogP contribution >= 0.6 is 0 Å². The summed E-state index contributed by atoms with van der Waals surface area (Å²) in [4.78, 5) is 33.7. The molecule has 1 amide bonds. The van der Waals surface area contributed by atoms with Crippen LogP contribution in [-0.4, -0.2) is 67.7 Å². The van der Waals surface area contributed by atoms with E-state index < -0.39 is 0 Å². The number of carbonyl (C=O) groups excluding carboxylic acids is 1. The number of carbonyl (C=O) groups is 1. The van der Waals surface area contributed by atoms with Gasteiger partial charge < -0.3 is 24.8 Å². The summed E-state index contributed by atoms with van der Waals surface area (Å²) in [5.41, 5.74) is -0.362. The molecule has 8 heteroatoms. The Hall–Kier alpha value is -2.09. The maximum Gasteiger partial charge on any atom is 0.295 e. The number of hydrogen-bond acceptors (Lipinski definition) is 6. The number of nitrogens with zero attached hydrogens (tertiary/aromatic N) is 3. The molecule has 0 saturated carbocycles. The number of ether oxygens (including phenoxy) is 1. The predicted molar refractivity (Wildman–Crippen MR) is 74.1 cm³/mol. The predicted octanol–water partition coefficient (Wildman–Crippen LogP) is -1.35. The molecule has 0 aromatic carbocycles. The van der Waals surface area contributed by atoms with Crippen molar-refractivity contribution in [3.05, 3.63) is 16.7 Å². The molecule has 0 bridgehead atoms. The molecule has 0 unspecified atom stereocenters. The number of anilines is 1. The summed E-state index contributed by atoms with van der Waals surface area (Å²) < 4.78 is 5.04. The highest BCUT2D eigenvalue weighted by atomic mass is 16.5. The van der Waals surface area contributed by atoms with Gasteiger partial charge in [0.05, 0.1) is 20.0 Å². The highest BCUT2D eigenvalue weighted by Gasteiger charge is 2.20. The van der Waals surface area contributed by atoms with Gasteiger partial charge in [-0.2, -0.15) is 0 Å². The van der Waals surface area contributed by atoms with E-state index in [0.29, 0.717) is 18.9 Å². The number of amides is 1. The highest BCUT2D eigenvalue weighted by molar-refractivity contribution is 5.81. The van der Waals surface area contributed by atoms with Gasteiger partial charge in [-0.3, -0.25) is 9.59 Å². The molecule has 8 nitrogen and oxygen atoms in total. The number of piperazine rings is 1. The Balaban J connectivity index is 2.08. The molecule has 1 aromatic heterocycles. The molecular weight excluding hydrogens is 262 g/mol. The van der Waals surface area contributed by atoms with Crippen LogP contribution in [0.4, 0.5) is 5.82 Å². The van der Waals surface area contributed by atoms with Crippen molar-refractivity contribution in [1.82, 2.24) is 20.2 Å². The number of methoxy groups -OCH3 is 1. The molecular formula is C12H19N5O3. The summed E-state index contributed by atoms with van der Waals surface area (Å²) in [5, 5.41) is 3.20. The molecule has 0 radical (unpaired) electrons. The zero-order chi connectivity index (χ0) is 14.5. The largest absolute Gasteiger partial charge is 0.489 e. The van der Waals surface area contributed by atoms with Gasteiger partial charge in [-0.1, -0.05) is 0 Å². The van der Waals surface area contributed by atoms with Gasteiger partial charge in [0.2, 0.25) is 11.7 Å². The molecule has 0 aliphatic carbocycles. The molecule has 2 N–H and O–H groups in total. The van der Waals surface area contributed by atoms with Crippen molar-refractivity contribution in [2.75, 3.05) is 51.8 Å². The van der Waals surface area contributed by atoms with E-state index in [1.807, 2.05) is 0 Å². The minimum absolute atomic E-state index is 0.0122. The third kappa shape index (κ3) is 3.08. The second kappa shape index (κ2) is 6.38. The number of H-pyrrole nitrogens is 1. The third-order valence-electron chi connectivity index (χ3n) is 3.20. The molecule has 1 fully saturated rings. The Morgan fingerprint density at radius 2 is 2.20 bits per heavy atom. The van der Waals surface area contributed by atoms with E-state index in [4.69, 9.17) is 4.74 Å². The molecule has 2 heterocycles. The SMILES string of the molecule is COc1c(N(C)CC(=O)N2CCNCC2)nc[nH]c1=O. The first-order valence-corrected chi connectivity index (χ1v) is 6.44. The van der Waals surface area contributed by atoms with E-state index in [1.54, 1.807) is 16.8 Å². The lowest BCUT2D eigenvalue weighted by molar-refractivity contribution is -0.130. The molecule has 2 rings (SSSR count). The van der Waals surface area contributed by atoms with Gasteiger partial charge in [0.15, 0.2) is 5.82 Å². The summed E-state index contributed by atoms with van der Waals surface area (Å²) in [6, 6.07) is 0. The van der Waals surface area contributed by atoms with Crippen LogP contribution in [0.1, 0.15) is 0 Å². The lowest BCUT2D eigenvalue weighted by Gasteiger charge is -2.29. The number of nitrogens with one attached hydrogen (secondary N) is 2. The van der Waals surface area contributed by atoms with Crippen LogP contribution in [0, 0.1) is 0 Å². The van der Waals surface area contributed by atoms with E-state index in [1.165, 1.54) is 13.4 Å². The number of aromatic nitrogens is 2. The molecule has 20 heavy (non-hydrogen) atoms.